The van der Waals surface area contributed by atoms with E-state index >= 15 is 0 Å². The van der Waals surface area contributed by atoms with E-state index in [0.29, 0.717) is 6.54 Å². The summed E-state index contributed by atoms with van der Waals surface area (Å²) in [4.78, 5) is 12.9. The number of anilines is 1. The molecule has 141 valence electrons. The molecule has 1 aliphatic heterocycles. The fraction of sp³-hybridized carbons (Fsp3) is 0.409. The number of phenolic OH excluding ortho intramolecular Hbond substituents is 1. The summed E-state index contributed by atoms with van der Waals surface area (Å²) >= 11 is 0. The molecule has 1 aliphatic rings. The van der Waals surface area contributed by atoms with Crippen LogP contribution in [-0.2, 0) is 44.0 Å². The van der Waals surface area contributed by atoms with Crippen molar-refractivity contribution in [2.45, 2.75) is 39.7 Å². The van der Waals surface area contributed by atoms with Crippen molar-refractivity contribution in [3.8, 4) is 5.75 Å². The molecule has 0 aliphatic carbocycles. The number of aryl methyl sites for hydroxylation is 2. The smallest absolute Gasteiger partial charge is 0.279 e. The van der Waals surface area contributed by atoms with Gasteiger partial charge in [0.05, 0.1) is 13.1 Å². The average Bonchev–Trinajstić information content (AvgIpc) is 2.59. The van der Waals surface area contributed by atoms with E-state index in [2.05, 4.69) is 29.6 Å². The van der Waals surface area contributed by atoms with Crippen molar-refractivity contribution in [2.24, 2.45) is 0 Å². The third kappa shape index (κ3) is 5.87. The quantitative estimate of drug-likeness (QED) is 0.540. The van der Waals surface area contributed by atoms with Gasteiger partial charge in [-0.1, -0.05) is 30.3 Å². The first kappa shape index (κ1) is 22.1. The SMILES string of the molecule is Cc1cc(O)cc(C)c1NC(=O)C[N+]1(Cc2ccccc2)CCCCC1.[Y]. The topological polar surface area (TPSA) is 49.3 Å². The molecule has 0 spiro atoms. The molecule has 0 saturated carbocycles. The molecule has 3 rings (SSSR count). The normalized spacial score (nSPS) is 15.6. The number of hydrogen-bond donors (Lipinski definition) is 2. The molecule has 1 saturated heterocycles. The summed E-state index contributed by atoms with van der Waals surface area (Å²) in [6.45, 7) is 7.33. The predicted molar refractivity (Wildman–Crippen MR) is 105 cm³/mol. The second-order valence-corrected chi connectivity index (χ2v) is 7.65. The van der Waals surface area contributed by atoms with E-state index in [4.69, 9.17) is 0 Å². The van der Waals surface area contributed by atoms with Crippen molar-refractivity contribution < 1.29 is 47.1 Å². The fourth-order valence-electron chi connectivity index (χ4n) is 4.15. The van der Waals surface area contributed by atoms with Gasteiger partial charge in [-0.2, -0.15) is 0 Å². The van der Waals surface area contributed by atoms with Gasteiger partial charge in [-0.25, -0.2) is 0 Å². The monoisotopic (exact) mass is 442 g/mol. The molecule has 1 amide bonds. The average molecular weight is 442 g/mol. The maximum atomic E-state index is 12.9. The summed E-state index contributed by atoms with van der Waals surface area (Å²) in [6.07, 6.45) is 3.61. The van der Waals surface area contributed by atoms with Crippen molar-refractivity contribution >= 4 is 11.6 Å². The molecule has 1 radical (unpaired) electrons. The number of carbonyl (C=O) groups is 1. The zero-order chi connectivity index (χ0) is 18.6. The summed E-state index contributed by atoms with van der Waals surface area (Å²) in [5, 5.41) is 12.8. The summed E-state index contributed by atoms with van der Waals surface area (Å²) in [6, 6.07) is 13.9. The van der Waals surface area contributed by atoms with E-state index in [9.17, 15) is 9.90 Å². The van der Waals surface area contributed by atoms with Crippen LogP contribution >= 0.6 is 0 Å². The van der Waals surface area contributed by atoms with E-state index in [1.54, 1.807) is 12.1 Å². The third-order valence-corrected chi connectivity index (χ3v) is 5.39. The van der Waals surface area contributed by atoms with Gasteiger partial charge in [0.25, 0.3) is 5.91 Å². The molecular formula is C22H29N2O2Y+. The van der Waals surface area contributed by atoms with Gasteiger partial charge in [-0.15, -0.1) is 0 Å². The Balaban J connectivity index is 0.00000261. The number of aromatic hydroxyl groups is 1. The maximum absolute atomic E-state index is 12.9. The zero-order valence-electron chi connectivity index (χ0n) is 16.4. The molecule has 2 N–H and O–H groups in total. The third-order valence-electron chi connectivity index (χ3n) is 5.39. The Kier molecular flexibility index (Phi) is 8.02. The Morgan fingerprint density at radius 2 is 1.63 bits per heavy atom. The first-order valence-electron chi connectivity index (χ1n) is 9.47. The van der Waals surface area contributed by atoms with Crippen LogP contribution in [0, 0.1) is 13.8 Å². The molecule has 2 aromatic rings. The first-order chi connectivity index (χ1) is 12.5. The van der Waals surface area contributed by atoms with Crippen LogP contribution in [0.1, 0.15) is 36.0 Å². The van der Waals surface area contributed by atoms with E-state index in [1.165, 1.54) is 24.8 Å². The second kappa shape index (κ2) is 9.81. The second-order valence-electron chi connectivity index (χ2n) is 7.65. The van der Waals surface area contributed by atoms with Crippen LogP contribution in [0.3, 0.4) is 0 Å². The van der Waals surface area contributed by atoms with Crippen LogP contribution < -0.4 is 5.32 Å². The minimum absolute atomic E-state index is 0. The van der Waals surface area contributed by atoms with Gasteiger partial charge >= 0.3 is 0 Å². The summed E-state index contributed by atoms with van der Waals surface area (Å²) < 4.78 is 0.825. The molecule has 0 bridgehead atoms. The van der Waals surface area contributed by atoms with Gasteiger partial charge in [0.2, 0.25) is 0 Å². The Morgan fingerprint density at radius 1 is 1.04 bits per heavy atom. The number of amides is 1. The number of rotatable bonds is 5. The van der Waals surface area contributed by atoms with E-state index in [0.717, 1.165) is 40.9 Å². The number of carbonyl (C=O) groups excluding carboxylic acids is 1. The van der Waals surface area contributed by atoms with Crippen molar-refractivity contribution in [3.05, 3.63) is 59.2 Å². The zero-order valence-corrected chi connectivity index (χ0v) is 19.2. The number of likely N-dealkylation sites (tertiary alicyclic amines) is 1. The molecule has 1 fully saturated rings. The van der Waals surface area contributed by atoms with Crippen molar-refractivity contribution in [2.75, 3.05) is 25.0 Å². The van der Waals surface area contributed by atoms with Gasteiger partial charge in [0.1, 0.15) is 12.3 Å². The summed E-state index contributed by atoms with van der Waals surface area (Å²) in [7, 11) is 0. The van der Waals surface area contributed by atoms with Crippen LogP contribution in [0.2, 0.25) is 0 Å². The van der Waals surface area contributed by atoms with Crippen LogP contribution in [0.5, 0.6) is 5.75 Å². The number of nitrogens with zero attached hydrogens (tertiary/aromatic N) is 1. The molecule has 0 atom stereocenters. The minimum Gasteiger partial charge on any atom is -0.508 e. The summed E-state index contributed by atoms with van der Waals surface area (Å²) in [5.41, 5.74) is 3.90. The molecule has 0 aromatic heterocycles. The van der Waals surface area contributed by atoms with Gasteiger partial charge in [0, 0.05) is 44.0 Å². The Labute approximate surface area is 187 Å². The first-order valence-corrected chi connectivity index (χ1v) is 9.47. The molecule has 5 heteroatoms. The van der Waals surface area contributed by atoms with Gasteiger partial charge in [-0.05, 0) is 56.4 Å². The predicted octanol–water partition coefficient (Wildman–Crippen LogP) is 4.15. The van der Waals surface area contributed by atoms with Crippen LogP contribution in [-0.4, -0.2) is 35.1 Å². The molecule has 1 heterocycles. The molecular weight excluding hydrogens is 413 g/mol. The van der Waals surface area contributed by atoms with E-state index < -0.39 is 0 Å². The van der Waals surface area contributed by atoms with Gasteiger partial charge < -0.3 is 14.9 Å². The Morgan fingerprint density at radius 3 is 2.22 bits per heavy atom. The standard InChI is InChI=1S/C22H28N2O2.Y/c1-17-13-20(25)14-18(2)22(17)23-21(26)16-24(11-7-4-8-12-24)15-19-9-5-3-6-10-19;/h3,5-6,9-10,13-14H,4,7-8,11-12,15-16H2,1-2H3,(H-,23,25,26);/p+1. The van der Waals surface area contributed by atoms with Crippen molar-refractivity contribution in [3.63, 3.8) is 0 Å². The molecule has 27 heavy (non-hydrogen) atoms. The Bertz CT molecular complexity index is 748. The number of benzene rings is 2. The number of piperidine rings is 1. The van der Waals surface area contributed by atoms with Crippen molar-refractivity contribution in [1.29, 1.82) is 0 Å². The van der Waals surface area contributed by atoms with Crippen LogP contribution in [0.25, 0.3) is 0 Å². The summed E-state index contributed by atoms with van der Waals surface area (Å²) in [5.74, 6) is 0.293. The van der Waals surface area contributed by atoms with Gasteiger partial charge in [0.15, 0.2) is 6.54 Å². The minimum atomic E-state index is 0. The van der Waals surface area contributed by atoms with E-state index in [1.807, 2.05) is 19.9 Å². The number of phenols is 1. The fourth-order valence-corrected chi connectivity index (χ4v) is 4.15. The van der Waals surface area contributed by atoms with E-state index in [-0.39, 0.29) is 44.4 Å². The molecule has 2 aromatic carbocycles. The number of nitrogens with one attached hydrogen (secondary N) is 1. The maximum Gasteiger partial charge on any atom is 0.279 e. The van der Waals surface area contributed by atoms with Crippen molar-refractivity contribution in [1.82, 2.24) is 0 Å². The van der Waals surface area contributed by atoms with Crippen LogP contribution in [0.15, 0.2) is 42.5 Å². The molecule has 0 unspecified atom stereocenters. The number of hydrogen-bond acceptors (Lipinski definition) is 2. The molecule has 4 nitrogen and oxygen atoms in total. The van der Waals surface area contributed by atoms with Crippen LogP contribution in [0.4, 0.5) is 5.69 Å². The Hall–Kier alpha value is -1.23. The van der Waals surface area contributed by atoms with Gasteiger partial charge in [-0.3, -0.25) is 4.79 Å². The largest absolute Gasteiger partial charge is 0.508 e. The number of quaternary nitrogens is 1.